The third kappa shape index (κ3) is 5.33. The van der Waals surface area contributed by atoms with Gasteiger partial charge in [-0.25, -0.2) is 4.39 Å². The van der Waals surface area contributed by atoms with Gasteiger partial charge >= 0.3 is 0 Å². The first kappa shape index (κ1) is 18.0. The molecule has 2 N–H and O–H groups in total. The zero-order valence-electron chi connectivity index (χ0n) is 14.7. The van der Waals surface area contributed by atoms with Gasteiger partial charge in [-0.2, -0.15) is 0 Å². The molecule has 1 aromatic rings. The molecule has 1 saturated heterocycles. The molecule has 25 heavy (non-hydrogen) atoms. The van der Waals surface area contributed by atoms with Crippen LogP contribution in [0.5, 0.6) is 5.75 Å². The van der Waals surface area contributed by atoms with Crippen LogP contribution < -0.4 is 15.4 Å². The van der Waals surface area contributed by atoms with Crippen LogP contribution in [0.15, 0.2) is 18.2 Å². The van der Waals surface area contributed by atoms with Crippen molar-refractivity contribution in [2.45, 2.75) is 63.6 Å². The Bertz CT molecular complexity index is 582. The number of amides is 1. The third-order valence-corrected chi connectivity index (χ3v) is 4.88. The first-order chi connectivity index (χ1) is 12.1. The number of carbonyl (C=O) groups excluding carboxylic acids is 1. The van der Waals surface area contributed by atoms with E-state index in [2.05, 4.69) is 10.6 Å². The maximum atomic E-state index is 13.7. The Kier molecular flexibility index (Phi) is 6.13. The second-order valence-electron chi connectivity index (χ2n) is 6.98. The number of carbonyl (C=O) groups is 1. The van der Waals surface area contributed by atoms with Gasteiger partial charge in [-0.05, 0) is 50.7 Å². The number of rotatable bonds is 6. The third-order valence-electron chi connectivity index (χ3n) is 4.88. The molecule has 1 aliphatic heterocycles. The molecule has 6 heteroatoms. The maximum Gasteiger partial charge on any atom is 0.217 e. The standard InChI is InChI=1S/C19H27FN2O3/c1-13(23)21-15-5-7-16(8-6-15)22-18-11-14(20)4-9-19(18)25-12-17-3-2-10-24-17/h4,9,11,15-17,22H,2-3,5-8,10,12H2,1H3,(H,21,23). The van der Waals surface area contributed by atoms with Crippen LogP contribution >= 0.6 is 0 Å². The van der Waals surface area contributed by atoms with Gasteiger partial charge in [0.1, 0.15) is 18.2 Å². The van der Waals surface area contributed by atoms with Gasteiger partial charge in [0, 0.05) is 31.7 Å². The Morgan fingerprint density at radius 2 is 2.00 bits per heavy atom. The van der Waals surface area contributed by atoms with E-state index < -0.39 is 0 Å². The fourth-order valence-corrected chi connectivity index (χ4v) is 3.59. The Morgan fingerprint density at radius 1 is 1.24 bits per heavy atom. The molecule has 2 aliphatic rings. The van der Waals surface area contributed by atoms with Crippen molar-refractivity contribution in [3.8, 4) is 5.75 Å². The summed E-state index contributed by atoms with van der Waals surface area (Å²) < 4.78 is 25.1. The topological polar surface area (TPSA) is 59.6 Å². The highest BCUT2D eigenvalue weighted by Gasteiger charge is 2.23. The van der Waals surface area contributed by atoms with Crippen molar-refractivity contribution in [1.82, 2.24) is 5.32 Å². The number of nitrogens with one attached hydrogen (secondary N) is 2. The number of benzene rings is 1. The molecule has 1 unspecified atom stereocenters. The fourth-order valence-electron chi connectivity index (χ4n) is 3.59. The molecule has 0 radical (unpaired) electrons. The molecule has 5 nitrogen and oxygen atoms in total. The monoisotopic (exact) mass is 350 g/mol. The van der Waals surface area contributed by atoms with Crippen LogP contribution in [0.1, 0.15) is 45.4 Å². The molecule has 1 amide bonds. The van der Waals surface area contributed by atoms with E-state index in [4.69, 9.17) is 9.47 Å². The smallest absolute Gasteiger partial charge is 0.217 e. The van der Waals surface area contributed by atoms with Crippen LogP contribution in [0.3, 0.4) is 0 Å². The molecule has 3 rings (SSSR count). The number of hydrogen-bond donors (Lipinski definition) is 2. The van der Waals surface area contributed by atoms with Gasteiger partial charge in [-0.3, -0.25) is 4.79 Å². The Morgan fingerprint density at radius 3 is 2.68 bits per heavy atom. The van der Waals surface area contributed by atoms with Crippen molar-refractivity contribution in [2.75, 3.05) is 18.5 Å². The Balaban J connectivity index is 1.55. The van der Waals surface area contributed by atoms with Gasteiger partial charge in [0.2, 0.25) is 5.91 Å². The summed E-state index contributed by atoms with van der Waals surface area (Å²) in [5, 5.41) is 6.39. The van der Waals surface area contributed by atoms with Crippen molar-refractivity contribution in [1.29, 1.82) is 0 Å². The first-order valence-electron chi connectivity index (χ1n) is 9.18. The van der Waals surface area contributed by atoms with Crippen LogP contribution in [-0.4, -0.2) is 37.3 Å². The molecule has 1 aliphatic carbocycles. The Hall–Kier alpha value is -1.82. The number of halogens is 1. The highest BCUT2D eigenvalue weighted by molar-refractivity contribution is 5.73. The summed E-state index contributed by atoms with van der Waals surface area (Å²) in [5.74, 6) is 0.408. The lowest BCUT2D eigenvalue weighted by molar-refractivity contribution is -0.119. The second-order valence-corrected chi connectivity index (χ2v) is 6.98. The minimum absolute atomic E-state index is 0.0198. The van der Waals surface area contributed by atoms with E-state index in [1.54, 1.807) is 13.0 Å². The van der Waals surface area contributed by atoms with Crippen LogP contribution in [0.4, 0.5) is 10.1 Å². The van der Waals surface area contributed by atoms with Gasteiger partial charge in [-0.15, -0.1) is 0 Å². The van der Waals surface area contributed by atoms with Crippen molar-refractivity contribution in [2.24, 2.45) is 0 Å². The quantitative estimate of drug-likeness (QED) is 0.827. The van der Waals surface area contributed by atoms with Crippen LogP contribution in [0.25, 0.3) is 0 Å². The lowest BCUT2D eigenvalue weighted by Gasteiger charge is -2.30. The molecule has 0 spiro atoms. The molecule has 0 aromatic heterocycles. The summed E-state index contributed by atoms with van der Waals surface area (Å²) in [6.07, 6.45) is 5.94. The fraction of sp³-hybridized carbons (Fsp3) is 0.632. The number of ether oxygens (including phenoxy) is 2. The molecule has 1 atom stereocenters. The molecule has 0 bridgehead atoms. The second kappa shape index (κ2) is 8.52. The maximum absolute atomic E-state index is 13.7. The number of hydrogen-bond acceptors (Lipinski definition) is 4. The average Bonchev–Trinajstić information content (AvgIpc) is 3.09. The largest absolute Gasteiger partial charge is 0.489 e. The normalized spacial score (nSPS) is 26.2. The zero-order valence-corrected chi connectivity index (χ0v) is 14.7. The van der Waals surface area contributed by atoms with E-state index in [9.17, 15) is 9.18 Å². The van der Waals surface area contributed by atoms with Crippen molar-refractivity contribution < 1.29 is 18.7 Å². The minimum atomic E-state index is -0.279. The Labute approximate surface area is 148 Å². The van der Waals surface area contributed by atoms with E-state index in [-0.39, 0.29) is 29.9 Å². The van der Waals surface area contributed by atoms with E-state index in [0.29, 0.717) is 18.0 Å². The molecule has 1 saturated carbocycles. The van der Waals surface area contributed by atoms with Gasteiger partial charge in [0.25, 0.3) is 0 Å². The zero-order chi connectivity index (χ0) is 17.6. The van der Waals surface area contributed by atoms with Crippen LogP contribution in [0.2, 0.25) is 0 Å². The van der Waals surface area contributed by atoms with Gasteiger partial charge in [0.05, 0.1) is 11.8 Å². The molecule has 138 valence electrons. The first-order valence-corrected chi connectivity index (χ1v) is 9.18. The van der Waals surface area contributed by atoms with E-state index in [0.717, 1.165) is 45.1 Å². The number of anilines is 1. The predicted octanol–water partition coefficient (Wildman–Crippen LogP) is 3.24. The van der Waals surface area contributed by atoms with Crippen LogP contribution in [0, 0.1) is 5.82 Å². The summed E-state index contributed by atoms with van der Waals surface area (Å²) >= 11 is 0. The molecule has 1 heterocycles. The predicted molar refractivity (Wildman–Crippen MR) is 94.4 cm³/mol. The van der Waals surface area contributed by atoms with E-state index in [1.165, 1.54) is 12.1 Å². The summed E-state index contributed by atoms with van der Waals surface area (Å²) in [4.78, 5) is 11.2. The lowest BCUT2D eigenvalue weighted by Crippen LogP contribution is -2.39. The van der Waals surface area contributed by atoms with Crippen molar-refractivity contribution >= 4 is 11.6 Å². The summed E-state index contributed by atoms with van der Waals surface area (Å²) in [6.45, 7) is 2.84. The summed E-state index contributed by atoms with van der Waals surface area (Å²) in [5.41, 5.74) is 0.695. The van der Waals surface area contributed by atoms with Gasteiger partial charge < -0.3 is 20.1 Å². The molecule has 2 fully saturated rings. The summed E-state index contributed by atoms with van der Waals surface area (Å²) in [6, 6.07) is 5.10. The molecular weight excluding hydrogens is 323 g/mol. The van der Waals surface area contributed by atoms with Crippen molar-refractivity contribution in [3.05, 3.63) is 24.0 Å². The lowest BCUT2D eigenvalue weighted by atomic mass is 9.91. The highest BCUT2D eigenvalue weighted by Crippen LogP contribution is 2.30. The van der Waals surface area contributed by atoms with Gasteiger partial charge in [-0.1, -0.05) is 0 Å². The SMILES string of the molecule is CC(=O)NC1CCC(Nc2cc(F)ccc2OCC2CCCO2)CC1. The van der Waals surface area contributed by atoms with Crippen molar-refractivity contribution in [3.63, 3.8) is 0 Å². The van der Waals surface area contributed by atoms with E-state index in [1.807, 2.05) is 0 Å². The summed E-state index contributed by atoms with van der Waals surface area (Å²) in [7, 11) is 0. The van der Waals surface area contributed by atoms with E-state index >= 15 is 0 Å². The minimum Gasteiger partial charge on any atom is -0.489 e. The van der Waals surface area contributed by atoms with Crippen LogP contribution in [-0.2, 0) is 9.53 Å². The highest BCUT2D eigenvalue weighted by atomic mass is 19.1. The molecule has 1 aromatic carbocycles. The van der Waals surface area contributed by atoms with Gasteiger partial charge in [0.15, 0.2) is 0 Å². The average molecular weight is 350 g/mol. The molecular formula is C19H27FN2O3.